The first-order valence-corrected chi connectivity index (χ1v) is 7.07. The van der Waals surface area contributed by atoms with Crippen LogP contribution in [0, 0.1) is 5.92 Å². The van der Waals surface area contributed by atoms with Crippen molar-refractivity contribution in [2.75, 3.05) is 25.9 Å². The molecule has 0 spiro atoms. The maximum absolute atomic E-state index is 6.08. The number of hydrogen-bond donors (Lipinski definition) is 1. The standard InChI is InChI=1S/C15H21N5/c1-11-9-19(2)6-4-14(11)20-10-18-8-15(20)12-7-17-5-3-13(12)16/h3,5,7-8,10-11,14H,4,6,9H2,1-2H3,(H2,16,17). The molecule has 1 fully saturated rings. The molecule has 1 aliphatic heterocycles. The predicted octanol–water partition coefficient (Wildman–Crippen LogP) is 2.04. The van der Waals surface area contributed by atoms with Gasteiger partial charge in [0.05, 0.1) is 18.2 Å². The number of anilines is 1. The van der Waals surface area contributed by atoms with Crippen LogP contribution in [0.2, 0.25) is 0 Å². The van der Waals surface area contributed by atoms with Gasteiger partial charge in [0.1, 0.15) is 0 Å². The van der Waals surface area contributed by atoms with Crippen molar-refractivity contribution in [3.63, 3.8) is 0 Å². The molecular formula is C15H21N5. The Hall–Kier alpha value is -1.88. The van der Waals surface area contributed by atoms with E-state index in [1.54, 1.807) is 6.20 Å². The van der Waals surface area contributed by atoms with Gasteiger partial charge in [-0.15, -0.1) is 0 Å². The monoisotopic (exact) mass is 271 g/mol. The van der Waals surface area contributed by atoms with Gasteiger partial charge in [-0.25, -0.2) is 4.98 Å². The number of nitrogens with zero attached hydrogens (tertiary/aromatic N) is 4. The summed E-state index contributed by atoms with van der Waals surface area (Å²) in [5.74, 6) is 0.597. The summed E-state index contributed by atoms with van der Waals surface area (Å²) in [6, 6.07) is 2.31. The van der Waals surface area contributed by atoms with Crippen molar-refractivity contribution in [2.45, 2.75) is 19.4 Å². The molecule has 2 aromatic rings. The van der Waals surface area contributed by atoms with Gasteiger partial charge >= 0.3 is 0 Å². The van der Waals surface area contributed by atoms with E-state index in [2.05, 4.69) is 33.4 Å². The molecule has 20 heavy (non-hydrogen) atoms. The normalized spacial score (nSPS) is 23.9. The Morgan fingerprint density at radius 2 is 2.15 bits per heavy atom. The molecule has 0 aromatic carbocycles. The molecule has 3 heterocycles. The van der Waals surface area contributed by atoms with E-state index >= 15 is 0 Å². The van der Waals surface area contributed by atoms with E-state index in [0.717, 1.165) is 36.5 Å². The number of piperidine rings is 1. The average molecular weight is 271 g/mol. The molecule has 2 unspecified atom stereocenters. The molecule has 0 amide bonds. The molecule has 0 saturated carbocycles. The van der Waals surface area contributed by atoms with Crippen LogP contribution in [0.3, 0.4) is 0 Å². The first-order chi connectivity index (χ1) is 9.66. The Bertz CT molecular complexity index is 591. The van der Waals surface area contributed by atoms with E-state index in [0.29, 0.717) is 12.0 Å². The van der Waals surface area contributed by atoms with Crippen molar-refractivity contribution in [2.24, 2.45) is 5.92 Å². The van der Waals surface area contributed by atoms with Gasteiger partial charge in [0.2, 0.25) is 0 Å². The molecule has 2 aromatic heterocycles. The number of pyridine rings is 1. The van der Waals surface area contributed by atoms with Crippen molar-refractivity contribution in [3.05, 3.63) is 31.0 Å². The third kappa shape index (κ3) is 2.29. The maximum atomic E-state index is 6.08. The second-order valence-electron chi connectivity index (χ2n) is 5.74. The molecule has 0 radical (unpaired) electrons. The fourth-order valence-corrected chi connectivity index (χ4v) is 3.15. The fourth-order valence-electron chi connectivity index (χ4n) is 3.15. The van der Waals surface area contributed by atoms with Gasteiger partial charge in [0.25, 0.3) is 0 Å². The van der Waals surface area contributed by atoms with Crippen LogP contribution in [0.15, 0.2) is 31.0 Å². The van der Waals surface area contributed by atoms with Crippen LogP contribution in [-0.4, -0.2) is 39.6 Å². The Balaban J connectivity index is 1.97. The number of likely N-dealkylation sites (tertiary alicyclic amines) is 1. The summed E-state index contributed by atoms with van der Waals surface area (Å²) in [7, 11) is 2.18. The van der Waals surface area contributed by atoms with Gasteiger partial charge in [0, 0.05) is 36.2 Å². The van der Waals surface area contributed by atoms with E-state index in [-0.39, 0.29) is 0 Å². The van der Waals surface area contributed by atoms with Crippen LogP contribution in [0.1, 0.15) is 19.4 Å². The summed E-state index contributed by atoms with van der Waals surface area (Å²) in [6.07, 6.45) is 8.49. The summed E-state index contributed by atoms with van der Waals surface area (Å²) in [4.78, 5) is 10.9. The number of nitrogen functional groups attached to an aromatic ring is 1. The Kier molecular flexibility index (Phi) is 3.44. The molecule has 0 bridgehead atoms. The van der Waals surface area contributed by atoms with E-state index in [1.807, 2.05) is 24.8 Å². The van der Waals surface area contributed by atoms with Crippen molar-refractivity contribution >= 4 is 5.69 Å². The zero-order valence-electron chi connectivity index (χ0n) is 12.0. The molecule has 0 aliphatic carbocycles. The number of rotatable bonds is 2. The number of hydrogen-bond acceptors (Lipinski definition) is 4. The van der Waals surface area contributed by atoms with Gasteiger partial charge in [-0.1, -0.05) is 6.92 Å². The molecule has 106 valence electrons. The lowest BCUT2D eigenvalue weighted by Crippen LogP contribution is -2.37. The van der Waals surface area contributed by atoms with Crippen molar-refractivity contribution in [1.82, 2.24) is 19.4 Å². The van der Waals surface area contributed by atoms with Crippen molar-refractivity contribution in [1.29, 1.82) is 0 Å². The van der Waals surface area contributed by atoms with Gasteiger partial charge in [-0.05, 0) is 32.0 Å². The number of imidazole rings is 1. The summed E-state index contributed by atoms with van der Waals surface area (Å²) < 4.78 is 2.27. The third-order valence-electron chi connectivity index (χ3n) is 4.22. The summed E-state index contributed by atoms with van der Waals surface area (Å²) in [5.41, 5.74) is 8.87. The quantitative estimate of drug-likeness (QED) is 0.908. The van der Waals surface area contributed by atoms with Crippen LogP contribution >= 0.6 is 0 Å². The minimum atomic E-state index is 0.475. The molecule has 3 rings (SSSR count). The van der Waals surface area contributed by atoms with Crippen LogP contribution in [0.5, 0.6) is 0 Å². The largest absolute Gasteiger partial charge is 0.398 e. The summed E-state index contributed by atoms with van der Waals surface area (Å²) >= 11 is 0. The summed E-state index contributed by atoms with van der Waals surface area (Å²) in [6.45, 7) is 4.54. The second-order valence-corrected chi connectivity index (χ2v) is 5.74. The van der Waals surface area contributed by atoms with E-state index in [9.17, 15) is 0 Å². The summed E-state index contributed by atoms with van der Waals surface area (Å²) in [5, 5.41) is 0. The minimum absolute atomic E-state index is 0.475. The molecule has 5 nitrogen and oxygen atoms in total. The maximum Gasteiger partial charge on any atom is 0.0953 e. The molecule has 1 saturated heterocycles. The average Bonchev–Trinajstić information content (AvgIpc) is 2.88. The SMILES string of the molecule is CC1CN(C)CCC1n1cncc1-c1cnccc1N. The lowest BCUT2D eigenvalue weighted by molar-refractivity contribution is 0.160. The molecule has 5 heteroatoms. The van der Waals surface area contributed by atoms with Crippen molar-refractivity contribution in [3.8, 4) is 11.3 Å². The van der Waals surface area contributed by atoms with E-state index in [1.165, 1.54) is 0 Å². The number of nitrogens with two attached hydrogens (primary N) is 1. The van der Waals surface area contributed by atoms with Crippen molar-refractivity contribution < 1.29 is 0 Å². The Labute approximate surface area is 119 Å². The smallest absolute Gasteiger partial charge is 0.0953 e. The molecular weight excluding hydrogens is 250 g/mol. The van der Waals surface area contributed by atoms with E-state index in [4.69, 9.17) is 5.73 Å². The van der Waals surface area contributed by atoms with Crippen LogP contribution in [-0.2, 0) is 0 Å². The Morgan fingerprint density at radius 1 is 1.30 bits per heavy atom. The van der Waals surface area contributed by atoms with Crippen LogP contribution < -0.4 is 5.73 Å². The highest BCUT2D eigenvalue weighted by atomic mass is 15.2. The van der Waals surface area contributed by atoms with Gasteiger partial charge < -0.3 is 15.2 Å². The molecule has 2 N–H and O–H groups in total. The highest BCUT2D eigenvalue weighted by Crippen LogP contribution is 2.33. The van der Waals surface area contributed by atoms with Gasteiger partial charge in [0.15, 0.2) is 0 Å². The zero-order valence-corrected chi connectivity index (χ0v) is 12.0. The van der Waals surface area contributed by atoms with Crippen LogP contribution in [0.4, 0.5) is 5.69 Å². The highest BCUT2D eigenvalue weighted by molar-refractivity contribution is 5.72. The van der Waals surface area contributed by atoms with Crippen LogP contribution in [0.25, 0.3) is 11.3 Å². The lowest BCUT2D eigenvalue weighted by atomic mass is 9.93. The lowest BCUT2D eigenvalue weighted by Gasteiger charge is -2.36. The Morgan fingerprint density at radius 3 is 2.90 bits per heavy atom. The number of aromatic nitrogens is 3. The highest BCUT2D eigenvalue weighted by Gasteiger charge is 2.27. The first kappa shape index (κ1) is 13.1. The van der Waals surface area contributed by atoms with E-state index < -0.39 is 0 Å². The topological polar surface area (TPSA) is 60.0 Å². The third-order valence-corrected chi connectivity index (χ3v) is 4.22. The molecule has 2 atom stereocenters. The fraction of sp³-hybridized carbons (Fsp3) is 0.467. The zero-order chi connectivity index (χ0) is 14.1. The van der Waals surface area contributed by atoms with Gasteiger partial charge in [-0.2, -0.15) is 0 Å². The first-order valence-electron chi connectivity index (χ1n) is 7.07. The minimum Gasteiger partial charge on any atom is -0.398 e. The van der Waals surface area contributed by atoms with Gasteiger partial charge in [-0.3, -0.25) is 4.98 Å². The molecule has 1 aliphatic rings. The predicted molar refractivity (Wildman–Crippen MR) is 80.2 cm³/mol. The second kappa shape index (κ2) is 5.25.